The normalized spacial score (nSPS) is 17.2. The second-order valence-corrected chi connectivity index (χ2v) is 9.00. The van der Waals surface area contributed by atoms with Crippen LogP contribution in [0, 0.1) is 17.6 Å². The van der Waals surface area contributed by atoms with E-state index in [-0.39, 0.29) is 30.1 Å². The zero-order valence-electron chi connectivity index (χ0n) is 20.4. The number of hydrogen-bond donors (Lipinski definition) is 0. The van der Waals surface area contributed by atoms with E-state index in [4.69, 9.17) is 4.74 Å². The minimum absolute atomic E-state index is 0.00313. The SMILES string of the molecule is C=C(C)CCOC(=O)[C@H]1CC(c2c(F)cccc2F)=N[C@H]1c1ccc(-c2ccc(OC(F)(F)F)cc2)cc1. The van der Waals surface area contributed by atoms with Crippen molar-refractivity contribution in [1.29, 1.82) is 0 Å². The Labute approximate surface area is 216 Å². The fourth-order valence-electron chi connectivity index (χ4n) is 4.24. The van der Waals surface area contributed by atoms with Gasteiger partial charge in [0.05, 0.1) is 24.1 Å². The Kier molecular flexibility index (Phi) is 7.94. The molecular weight excluding hydrogens is 505 g/mol. The summed E-state index contributed by atoms with van der Waals surface area (Å²) in [6, 6.07) is 15.1. The summed E-state index contributed by atoms with van der Waals surface area (Å²) in [4.78, 5) is 17.5. The van der Waals surface area contributed by atoms with Crippen LogP contribution in [0.3, 0.4) is 0 Å². The molecule has 2 atom stereocenters. The molecule has 9 heteroatoms. The van der Waals surface area contributed by atoms with Gasteiger partial charge in [0.25, 0.3) is 0 Å². The summed E-state index contributed by atoms with van der Waals surface area (Å²) in [5.41, 5.74) is 2.68. The lowest BCUT2D eigenvalue weighted by Crippen LogP contribution is -2.22. The molecule has 1 aliphatic rings. The van der Waals surface area contributed by atoms with Crippen molar-refractivity contribution < 1.29 is 36.2 Å². The number of nitrogens with zero attached hydrogens (tertiary/aromatic N) is 1. The summed E-state index contributed by atoms with van der Waals surface area (Å²) in [5.74, 6) is -3.20. The van der Waals surface area contributed by atoms with Crippen molar-refractivity contribution in [3.8, 4) is 16.9 Å². The number of esters is 1. The Balaban J connectivity index is 1.60. The third-order valence-corrected chi connectivity index (χ3v) is 6.09. The first-order valence-corrected chi connectivity index (χ1v) is 11.8. The van der Waals surface area contributed by atoms with Crippen molar-refractivity contribution in [2.24, 2.45) is 10.9 Å². The van der Waals surface area contributed by atoms with Gasteiger partial charge >= 0.3 is 12.3 Å². The lowest BCUT2D eigenvalue weighted by atomic mass is 9.90. The fraction of sp³-hybridized carbons (Fsp3) is 0.241. The monoisotopic (exact) mass is 529 g/mol. The molecule has 0 bridgehead atoms. The minimum atomic E-state index is -4.78. The van der Waals surface area contributed by atoms with Gasteiger partial charge in [0.15, 0.2) is 0 Å². The van der Waals surface area contributed by atoms with Gasteiger partial charge in [0, 0.05) is 18.6 Å². The molecule has 0 radical (unpaired) electrons. The first kappa shape index (κ1) is 27.0. The Morgan fingerprint density at radius 3 is 2.11 bits per heavy atom. The summed E-state index contributed by atoms with van der Waals surface area (Å²) >= 11 is 0. The van der Waals surface area contributed by atoms with Gasteiger partial charge in [0.2, 0.25) is 0 Å². The smallest absolute Gasteiger partial charge is 0.465 e. The molecule has 0 unspecified atom stereocenters. The largest absolute Gasteiger partial charge is 0.573 e. The molecule has 0 saturated heterocycles. The van der Waals surface area contributed by atoms with Gasteiger partial charge in [-0.15, -0.1) is 19.8 Å². The van der Waals surface area contributed by atoms with Crippen molar-refractivity contribution in [2.75, 3.05) is 6.61 Å². The maximum Gasteiger partial charge on any atom is 0.573 e. The highest BCUT2D eigenvalue weighted by Crippen LogP contribution is 2.39. The molecule has 38 heavy (non-hydrogen) atoms. The lowest BCUT2D eigenvalue weighted by Gasteiger charge is -2.18. The molecule has 3 aromatic rings. The van der Waals surface area contributed by atoms with E-state index in [2.05, 4.69) is 16.3 Å². The molecule has 0 amide bonds. The number of halogens is 5. The Morgan fingerprint density at radius 1 is 0.974 bits per heavy atom. The van der Waals surface area contributed by atoms with Gasteiger partial charge in [-0.2, -0.15) is 0 Å². The zero-order valence-corrected chi connectivity index (χ0v) is 20.4. The summed E-state index contributed by atoms with van der Waals surface area (Å²) in [6.07, 6.45) is -4.30. The predicted molar refractivity (Wildman–Crippen MR) is 133 cm³/mol. The lowest BCUT2D eigenvalue weighted by molar-refractivity contribution is -0.274. The van der Waals surface area contributed by atoms with Gasteiger partial charge in [-0.1, -0.05) is 48.0 Å². The van der Waals surface area contributed by atoms with E-state index >= 15 is 0 Å². The predicted octanol–water partition coefficient (Wildman–Crippen LogP) is 7.59. The first-order chi connectivity index (χ1) is 18.0. The second-order valence-electron chi connectivity index (χ2n) is 9.00. The molecule has 4 rings (SSSR count). The first-order valence-electron chi connectivity index (χ1n) is 11.8. The van der Waals surface area contributed by atoms with E-state index < -0.39 is 35.9 Å². The number of rotatable bonds is 8. The maximum absolute atomic E-state index is 14.5. The molecule has 0 spiro atoms. The van der Waals surface area contributed by atoms with Crippen LogP contribution in [0.4, 0.5) is 22.0 Å². The molecule has 0 aromatic heterocycles. The van der Waals surface area contributed by atoms with Crippen LogP contribution in [0.15, 0.2) is 83.9 Å². The third kappa shape index (κ3) is 6.45. The molecule has 0 fully saturated rings. The van der Waals surface area contributed by atoms with Crippen LogP contribution in [0.1, 0.15) is 36.9 Å². The van der Waals surface area contributed by atoms with E-state index in [1.807, 2.05) is 6.92 Å². The highest BCUT2D eigenvalue weighted by atomic mass is 19.4. The van der Waals surface area contributed by atoms with Crippen molar-refractivity contribution >= 4 is 11.7 Å². The molecule has 0 N–H and O–H groups in total. The van der Waals surface area contributed by atoms with Gasteiger partial charge < -0.3 is 9.47 Å². The van der Waals surface area contributed by atoms with E-state index in [0.29, 0.717) is 23.1 Å². The molecule has 1 heterocycles. The molecule has 1 aliphatic heterocycles. The van der Waals surface area contributed by atoms with Crippen molar-refractivity contribution in [2.45, 2.75) is 32.2 Å². The van der Waals surface area contributed by atoms with Gasteiger partial charge in [-0.25, -0.2) is 8.78 Å². The number of aliphatic imine (C=N–C) groups is 1. The van der Waals surface area contributed by atoms with Crippen LogP contribution in [0.5, 0.6) is 5.75 Å². The Morgan fingerprint density at radius 2 is 1.55 bits per heavy atom. The summed E-state index contributed by atoms with van der Waals surface area (Å²) in [5, 5.41) is 0. The number of carbonyl (C=O) groups excluding carboxylic acids is 1. The number of ether oxygens (including phenoxy) is 2. The zero-order chi connectivity index (χ0) is 27.4. The molecule has 4 nitrogen and oxygen atoms in total. The number of alkyl halides is 3. The van der Waals surface area contributed by atoms with E-state index in [1.165, 1.54) is 30.3 Å². The van der Waals surface area contributed by atoms with E-state index in [9.17, 15) is 26.7 Å². The molecule has 3 aromatic carbocycles. The van der Waals surface area contributed by atoms with Gasteiger partial charge in [0.1, 0.15) is 17.4 Å². The Bertz CT molecular complexity index is 1330. The number of benzene rings is 3. The molecular formula is C29H24F5NO3. The summed E-state index contributed by atoms with van der Waals surface area (Å²) in [6.45, 7) is 5.73. The highest BCUT2D eigenvalue weighted by molar-refractivity contribution is 6.04. The average Bonchev–Trinajstić information content (AvgIpc) is 3.28. The van der Waals surface area contributed by atoms with E-state index in [1.54, 1.807) is 24.3 Å². The minimum Gasteiger partial charge on any atom is -0.465 e. The quantitative estimate of drug-likeness (QED) is 0.172. The second kappa shape index (κ2) is 11.2. The van der Waals surface area contributed by atoms with Crippen molar-refractivity contribution in [1.82, 2.24) is 0 Å². The van der Waals surface area contributed by atoms with Crippen LogP contribution in [0.2, 0.25) is 0 Å². The highest BCUT2D eigenvalue weighted by Gasteiger charge is 2.39. The molecule has 0 saturated carbocycles. The maximum atomic E-state index is 14.5. The van der Waals surface area contributed by atoms with Crippen LogP contribution in [-0.4, -0.2) is 24.7 Å². The Hall–Kier alpha value is -4.01. The standard InChI is InChI=1S/C29H24F5NO3/c1-17(2)14-15-37-28(36)22-16-25(26-23(30)4-3-5-24(26)31)35-27(22)20-8-6-18(7-9-20)19-10-12-21(13-11-19)38-29(32,33)34/h3-13,22,27H,1,14-16H2,2H3/t22-,27-/m0/s1. The summed E-state index contributed by atoms with van der Waals surface area (Å²) in [7, 11) is 0. The van der Waals surface area contributed by atoms with Gasteiger partial charge in [-0.05, 0) is 47.9 Å². The number of carbonyl (C=O) groups is 1. The summed E-state index contributed by atoms with van der Waals surface area (Å²) < 4.78 is 75.6. The van der Waals surface area contributed by atoms with Crippen molar-refractivity contribution in [3.05, 3.63) is 102 Å². The van der Waals surface area contributed by atoms with Gasteiger partial charge in [-0.3, -0.25) is 9.79 Å². The molecule has 0 aliphatic carbocycles. The number of hydrogen-bond acceptors (Lipinski definition) is 4. The molecule has 198 valence electrons. The fourth-order valence-corrected chi connectivity index (χ4v) is 4.24. The van der Waals surface area contributed by atoms with Crippen LogP contribution < -0.4 is 4.74 Å². The third-order valence-electron chi connectivity index (χ3n) is 6.09. The average molecular weight is 530 g/mol. The van der Waals surface area contributed by atoms with Crippen LogP contribution in [-0.2, 0) is 9.53 Å². The van der Waals surface area contributed by atoms with E-state index in [0.717, 1.165) is 17.7 Å². The topological polar surface area (TPSA) is 47.9 Å². The van der Waals surface area contributed by atoms with Crippen LogP contribution in [0.25, 0.3) is 11.1 Å². The van der Waals surface area contributed by atoms with Crippen molar-refractivity contribution in [3.63, 3.8) is 0 Å². The van der Waals surface area contributed by atoms with Crippen LogP contribution >= 0.6 is 0 Å².